The number of benzene rings is 2. The lowest BCUT2D eigenvalue weighted by molar-refractivity contribution is 0.0479. The highest BCUT2D eigenvalue weighted by Gasteiger charge is 2.44. The maximum atomic E-state index is 14.5. The van der Waals surface area contributed by atoms with E-state index in [1.165, 1.54) is 12.1 Å². The van der Waals surface area contributed by atoms with Crippen LogP contribution in [0.3, 0.4) is 0 Å². The van der Waals surface area contributed by atoms with Gasteiger partial charge in [0.2, 0.25) is 0 Å². The third kappa shape index (κ3) is 1.77. The first-order valence-corrected chi connectivity index (χ1v) is 6.71. The van der Waals surface area contributed by atoms with E-state index in [2.05, 4.69) is 0 Å². The first kappa shape index (κ1) is 13.3. The monoisotopic (exact) mass is 292 g/mol. The highest BCUT2D eigenvalue weighted by molar-refractivity contribution is 6.30. The average Bonchev–Trinajstić information content (AvgIpc) is 2.66. The van der Waals surface area contributed by atoms with Crippen LogP contribution >= 0.6 is 11.6 Å². The van der Waals surface area contributed by atoms with E-state index >= 15 is 0 Å². The SMILES string of the molecule is Cc1ccc2c(c1)C(F)(F)c1cc(C(=O)CCl)ccc1-2. The Hall–Kier alpha value is -1.74. The summed E-state index contributed by atoms with van der Waals surface area (Å²) < 4.78 is 29.0. The smallest absolute Gasteiger partial charge is 0.293 e. The van der Waals surface area contributed by atoms with Crippen LogP contribution in [0.1, 0.15) is 27.0 Å². The summed E-state index contributed by atoms with van der Waals surface area (Å²) in [6.45, 7) is 1.78. The third-order valence-electron chi connectivity index (χ3n) is 3.60. The summed E-state index contributed by atoms with van der Waals surface area (Å²) in [7, 11) is 0. The molecule has 4 heteroatoms. The number of carbonyl (C=O) groups excluding carboxylic acids is 1. The van der Waals surface area contributed by atoms with E-state index in [-0.39, 0.29) is 28.4 Å². The first-order valence-electron chi connectivity index (χ1n) is 6.18. The van der Waals surface area contributed by atoms with Gasteiger partial charge < -0.3 is 0 Å². The lowest BCUT2D eigenvalue weighted by Crippen LogP contribution is -2.12. The Morgan fingerprint density at radius 3 is 2.35 bits per heavy atom. The van der Waals surface area contributed by atoms with Crippen LogP contribution in [0.2, 0.25) is 0 Å². The molecule has 1 nitrogen and oxygen atoms in total. The molecule has 0 radical (unpaired) electrons. The van der Waals surface area contributed by atoms with Crippen molar-refractivity contribution in [3.8, 4) is 11.1 Å². The summed E-state index contributed by atoms with van der Waals surface area (Å²) in [6.07, 6.45) is 0. The number of hydrogen-bond donors (Lipinski definition) is 0. The van der Waals surface area contributed by atoms with Crippen LogP contribution in [0.25, 0.3) is 11.1 Å². The molecular weight excluding hydrogens is 282 g/mol. The quantitative estimate of drug-likeness (QED) is 0.587. The fourth-order valence-electron chi connectivity index (χ4n) is 2.59. The zero-order valence-electron chi connectivity index (χ0n) is 10.7. The molecule has 0 unspecified atom stereocenters. The van der Waals surface area contributed by atoms with Crippen molar-refractivity contribution in [2.45, 2.75) is 12.8 Å². The van der Waals surface area contributed by atoms with Crippen molar-refractivity contribution >= 4 is 17.4 Å². The molecule has 3 rings (SSSR count). The van der Waals surface area contributed by atoms with Crippen molar-refractivity contribution in [2.24, 2.45) is 0 Å². The fourth-order valence-corrected chi connectivity index (χ4v) is 2.74. The van der Waals surface area contributed by atoms with Crippen molar-refractivity contribution in [3.63, 3.8) is 0 Å². The molecule has 0 aromatic heterocycles. The second kappa shape index (κ2) is 4.38. The molecular formula is C16H11ClF2O. The fraction of sp³-hybridized carbons (Fsp3) is 0.188. The maximum absolute atomic E-state index is 14.5. The lowest BCUT2D eigenvalue weighted by atomic mass is 10.0. The highest BCUT2D eigenvalue weighted by Crippen LogP contribution is 2.51. The Bertz CT molecular complexity index is 722. The molecule has 1 aliphatic carbocycles. The Labute approximate surface area is 120 Å². The van der Waals surface area contributed by atoms with Gasteiger partial charge in [-0.25, -0.2) is 0 Å². The molecule has 0 saturated heterocycles. The van der Waals surface area contributed by atoms with Gasteiger partial charge in [-0.15, -0.1) is 11.6 Å². The number of halogens is 3. The van der Waals surface area contributed by atoms with Gasteiger partial charge >= 0.3 is 0 Å². The average molecular weight is 293 g/mol. The summed E-state index contributed by atoms with van der Waals surface area (Å²) in [6, 6.07) is 9.39. The summed E-state index contributed by atoms with van der Waals surface area (Å²) in [5.74, 6) is -3.63. The van der Waals surface area contributed by atoms with Crippen LogP contribution in [0, 0.1) is 6.92 Å². The van der Waals surface area contributed by atoms with E-state index in [9.17, 15) is 13.6 Å². The minimum atomic E-state index is -3.07. The van der Waals surface area contributed by atoms with Crippen molar-refractivity contribution in [3.05, 3.63) is 58.7 Å². The second-order valence-electron chi connectivity index (χ2n) is 4.94. The summed E-state index contributed by atoms with van der Waals surface area (Å²) >= 11 is 5.48. The zero-order valence-corrected chi connectivity index (χ0v) is 11.5. The van der Waals surface area contributed by atoms with E-state index in [1.807, 2.05) is 6.07 Å². The van der Waals surface area contributed by atoms with Gasteiger partial charge in [-0.3, -0.25) is 4.79 Å². The van der Waals surface area contributed by atoms with Crippen molar-refractivity contribution in [2.75, 3.05) is 5.88 Å². The summed E-state index contributed by atoms with van der Waals surface area (Å²) in [5.41, 5.74) is 1.91. The van der Waals surface area contributed by atoms with Crippen LogP contribution in [0.4, 0.5) is 8.78 Å². The number of fused-ring (bicyclic) bond motifs is 3. The first-order chi connectivity index (χ1) is 9.45. The Morgan fingerprint density at radius 1 is 1.10 bits per heavy atom. The Kier molecular flexibility index (Phi) is 2.91. The molecule has 1 aliphatic rings. The van der Waals surface area contributed by atoms with E-state index in [0.717, 1.165) is 5.56 Å². The Balaban J connectivity index is 2.24. The van der Waals surface area contributed by atoms with Crippen molar-refractivity contribution < 1.29 is 13.6 Å². The number of ketones is 1. The normalized spacial score (nSPS) is 14.8. The molecule has 2 aromatic rings. The van der Waals surface area contributed by atoms with Crippen LogP contribution in [-0.4, -0.2) is 11.7 Å². The molecule has 0 aliphatic heterocycles. The maximum Gasteiger partial charge on any atom is 0.299 e. The minimum absolute atomic E-state index is 0.00275. The molecule has 0 bridgehead atoms. The third-order valence-corrected chi connectivity index (χ3v) is 3.85. The highest BCUT2D eigenvalue weighted by atomic mass is 35.5. The van der Waals surface area contributed by atoms with Gasteiger partial charge in [0.1, 0.15) is 0 Å². The predicted molar refractivity (Wildman–Crippen MR) is 74.7 cm³/mol. The molecule has 0 amide bonds. The second-order valence-corrected chi connectivity index (χ2v) is 5.21. The topological polar surface area (TPSA) is 17.1 Å². The molecule has 102 valence electrons. The molecule has 0 heterocycles. The number of alkyl halides is 3. The van der Waals surface area contributed by atoms with Crippen molar-refractivity contribution in [1.82, 2.24) is 0 Å². The van der Waals surface area contributed by atoms with Crippen LogP contribution in [0.5, 0.6) is 0 Å². The van der Waals surface area contributed by atoms with Gasteiger partial charge in [0.25, 0.3) is 5.92 Å². The van der Waals surface area contributed by atoms with E-state index in [0.29, 0.717) is 11.1 Å². The number of aryl methyl sites for hydroxylation is 1. The molecule has 20 heavy (non-hydrogen) atoms. The van der Waals surface area contributed by atoms with E-state index in [4.69, 9.17) is 11.6 Å². The van der Waals surface area contributed by atoms with Gasteiger partial charge in [-0.1, -0.05) is 29.8 Å². The molecule has 2 aromatic carbocycles. The van der Waals surface area contributed by atoms with Gasteiger partial charge in [-0.2, -0.15) is 8.78 Å². The largest absolute Gasteiger partial charge is 0.299 e. The van der Waals surface area contributed by atoms with E-state index < -0.39 is 5.92 Å². The van der Waals surface area contributed by atoms with Crippen LogP contribution in [-0.2, 0) is 5.92 Å². The molecule has 0 spiro atoms. The molecule has 0 N–H and O–H groups in total. The zero-order chi connectivity index (χ0) is 14.5. The Morgan fingerprint density at radius 2 is 1.70 bits per heavy atom. The van der Waals surface area contributed by atoms with Gasteiger partial charge in [0, 0.05) is 16.7 Å². The number of hydrogen-bond acceptors (Lipinski definition) is 1. The molecule has 0 atom stereocenters. The van der Waals surface area contributed by atoms with Gasteiger partial charge in [-0.05, 0) is 30.2 Å². The van der Waals surface area contributed by atoms with Gasteiger partial charge in [0.15, 0.2) is 5.78 Å². The number of rotatable bonds is 2. The van der Waals surface area contributed by atoms with Crippen LogP contribution < -0.4 is 0 Å². The van der Waals surface area contributed by atoms with Crippen molar-refractivity contribution in [1.29, 1.82) is 0 Å². The van der Waals surface area contributed by atoms with Crippen LogP contribution in [0.15, 0.2) is 36.4 Å². The standard InChI is InChI=1S/C16H11ClF2O/c1-9-2-4-11-12-5-3-10(15(20)8-17)7-14(12)16(18,19)13(11)6-9/h2-7H,8H2,1H3. The van der Waals surface area contributed by atoms with E-state index in [1.54, 1.807) is 25.1 Å². The summed E-state index contributed by atoms with van der Waals surface area (Å²) in [5, 5.41) is 0. The minimum Gasteiger partial charge on any atom is -0.293 e. The predicted octanol–water partition coefficient (Wildman–Crippen LogP) is 4.54. The summed E-state index contributed by atoms with van der Waals surface area (Å²) in [4.78, 5) is 11.6. The number of carbonyl (C=O) groups is 1. The molecule has 0 fully saturated rings. The molecule has 0 saturated carbocycles. The number of Topliss-reactive ketones (excluding diaryl/α,β-unsaturated/α-hetero) is 1. The van der Waals surface area contributed by atoms with Gasteiger partial charge in [0.05, 0.1) is 5.88 Å². The lowest BCUT2D eigenvalue weighted by Gasteiger charge is -2.13.